The van der Waals surface area contributed by atoms with Crippen LogP contribution in [0.25, 0.3) is 0 Å². The first kappa shape index (κ1) is 59.9. The maximum atomic E-state index is 12.2. The van der Waals surface area contributed by atoms with Crippen LogP contribution in [0, 0.1) is 0 Å². The molecule has 0 spiro atoms. The van der Waals surface area contributed by atoms with E-state index < -0.39 is 6.10 Å². The molecule has 0 aliphatic rings. The molecule has 62 heavy (non-hydrogen) atoms. The maximum Gasteiger partial charge on any atom is 0.306 e. The van der Waals surface area contributed by atoms with Crippen LogP contribution in [0.15, 0.2) is 48.6 Å². The minimum absolute atomic E-state index is 0.0739. The molecule has 0 bridgehead atoms. The lowest BCUT2D eigenvalue weighted by Crippen LogP contribution is -2.28. The first-order chi connectivity index (χ1) is 30.6. The average molecular weight is 869 g/mol. The number of rotatable bonds is 50. The minimum Gasteiger partial charge on any atom is -0.462 e. The van der Waals surface area contributed by atoms with Gasteiger partial charge < -0.3 is 14.6 Å². The van der Waals surface area contributed by atoms with Gasteiger partial charge in [-0.25, -0.2) is 0 Å². The maximum absolute atomic E-state index is 12.2. The summed E-state index contributed by atoms with van der Waals surface area (Å²) >= 11 is 0. The molecule has 5 heteroatoms. The van der Waals surface area contributed by atoms with E-state index in [1.54, 1.807) is 0 Å². The Morgan fingerprint density at radius 3 is 1.05 bits per heavy atom. The standard InChI is InChI=1S/C57H104O5/c1-3-5-7-9-11-13-15-17-19-21-22-23-24-25-26-27-28-29-30-31-32-33-34-36-37-39-41-43-45-47-49-51-56(59)61-54-55(53-58)62-57(60)52-50-48-46-44-42-40-38-35-20-18-16-14-12-10-8-6-4-2/h6,8,12,14,18,20,38,40,55,58H,3-5,7,9-11,13,15-17,19,21-37,39,41-54H2,1-2H3/b8-6-,14-12-,20-18-,40-38-. The van der Waals surface area contributed by atoms with Crippen LogP contribution in [0.4, 0.5) is 0 Å². The second kappa shape index (κ2) is 53.2. The topological polar surface area (TPSA) is 72.8 Å². The Morgan fingerprint density at radius 2 is 0.694 bits per heavy atom. The Morgan fingerprint density at radius 1 is 0.387 bits per heavy atom. The van der Waals surface area contributed by atoms with E-state index in [0.29, 0.717) is 12.8 Å². The predicted molar refractivity (Wildman–Crippen MR) is 270 cm³/mol. The molecule has 0 heterocycles. The molecule has 362 valence electrons. The number of allylic oxidation sites excluding steroid dienone is 8. The number of ether oxygens (including phenoxy) is 2. The van der Waals surface area contributed by atoms with Crippen molar-refractivity contribution in [3.8, 4) is 0 Å². The summed E-state index contributed by atoms with van der Waals surface area (Å²) in [6.07, 6.45) is 69.5. The Kier molecular flexibility index (Phi) is 51.4. The van der Waals surface area contributed by atoms with Crippen molar-refractivity contribution >= 4 is 11.9 Å². The molecular weight excluding hydrogens is 765 g/mol. The number of esters is 2. The molecule has 1 unspecified atom stereocenters. The van der Waals surface area contributed by atoms with Gasteiger partial charge in [0.05, 0.1) is 6.61 Å². The predicted octanol–water partition coefficient (Wildman–Crippen LogP) is 18.1. The lowest BCUT2D eigenvalue weighted by molar-refractivity contribution is -0.161. The number of aliphatic hydroxyl groups excluding tert-OH is 1. The molecule has 5 nitrogen and oxygen atoms in total. The fraction of sp³-hybridized carbons (Fsp3) is 0.825. The zero-order chi connectivity index (χ0) is 44.9. The monoisotopic (exact) mass is 869 g/mol. The van der Waals surface area contributed by atoms with Crippen LogP contribution in [-0.2, 0) is 19.1 Å². The largest absolute Gasteiger partial charge is 0.462 e. The van der Waals surface area contributed by atoms with Gasteiger partial charge in [-0.15, -0.1) is 0 Å². The van der Waals surface area contributed by atoms with Gasteiger partial charge in [0.1, 0.15) is 6.61 Å². The Balaban J connectivity index is 3.43. The van der Waals surface area contributed by atoms with E-state index in [-0.39, 0.29) is 25.2 Å². The smallest absolute Gasteiger partial charge is 0.306 e. The summed E-state index contributed by atoms with van der Waals surface area (Å²) in [5, 5.41) is 9.62. The Labute approximate surface area is 386 Å². The van der Waals surface area contributed by atoms with Gasteiger partial charge in [-0.2, -0.15) is 0 Å². The first-order valence-corrected chi connectivity index (χ1v) is 27.2. The second-order valence-corrected chi connectivity index (χ2v) is 18.3. The van der Waals surface area contributed by atoms with Gasteiger partial charge in [-0.1, -0.05) is 268 Å². The van der Waals surface area contributed by atoms with Crippen LogP contribution < -0.4 is 0 Å². The molecule has 0 saturated heterocycles. The van der Waals surface area contributed by atoms with Crippen LogP contribution in [-0.4, -0.2) is 36.4 Å². The van der Waals surface area contributed by atoms with Crippen molar-refractivity contribution in [1.29, 1.82) is 0 Å². The normalized spacial score (nSPS) is 12.5. The fourth-order valence-corrected chi connectivity index (χ4v) is 8.08. The molecule has 0 aromatic heterocycles. The average Bonchev–Trinajstić information content (AvgIpc) is 3.28. The second-order valence-electron chi connectivity index (χ2n) is 18.3. The van der Waals surface area contributed by atoms with Crippen LogP contribution >= 0.6 is 0 Å². The highest BCUT2D eigenvalue weighted by atomic mass is 16.6. The zero-order valence-electron chi connectivity index (χ0n) is 41.4. The number of hydrogen-bond acceptors (Lipinski definition) is 5. The van der Waals surface area contributed by atoms with Crippen molar-refractivity contribution in [2.75, 3.05) is 13.2 Å². The number of hydrogen-bond donors (Lipinski definition) is 1. The van der Waals surface area contributed by atoms with Crippen molar-refractivity contribution < 1.29 is 24.2 Å². The third-order valence-electron chi connectivity index (χ3n) is 12.1. The third kappa shape index (κ3) is 50.5. The molecule has 0 aromatic rings. The van der Waals surface area contributed by atoms with Crippen LogP contribution in [0.5, 0.6) is 0 Å². The molecule has 0 radical (unpaired) electrons. The van der Waals surface area contributed by atoms with Crippen molar-refractivity contribution in [2.45, 2.75) is 290 Å². The number of carbonyl (C=O) groups excluding carboxylic acids is 2. The molecule has 0 rings (SSSR count). The van der Waals surface area contributed by atoms with E-state index in [0.717, 1.165) is 77.0 Å². The van der Waals surface area contributed by atoms with Gasteiger partial charge in [0, 0.05) is 12.8 Å². The van der Waals surface area contributed by atoms with Crippen LogP contribution in [0.2, 0.25) is 0 Å². The SMILES string of the molecule is CC/C=C\C/C=C\C/C=C\C/C=C\CCCCCCC(=O)OC(CO)COC(=O)CCCCCCCCCCCCCCCCCCCCCCCCCCCCCCCCC. The first-order valence-electron chi connectivity index (χ1n) is 27.2. The van der Waals surface area contributed by atoms with E-state index in [1.807, 2.05) is 0 Å². The molecule has 0 saturated carbocycles. The summed E-state index contributed by atoms with van der Waals surface area (Å²) in [6, 6.07) is 0. The van der Waals surface area contributed by atoms with Crippen molar-refractivity contribution in [3.63, 3.8) is 0 Å². The summed E-state index contributed by atoms with van der Waals surface area (Å²) in [5.74, 6) is -0.608. The lowest BCUT2D eigenvalue weighted by Gasteiger charge is -2.15. The highest BCUT2D eigenvalue weighted by molar-refractivity contribution is 5.70. The molecule has 0 aliphatic heterocycles. The molecule has 0 aliphatic carbocycles. The van der Waals surface area contributed by atoms with E-state index in [4.69, 9.17) is 9.47 Å². The van der Waals surface area contributed by atoms with E-state index in [9.17, 15) is 14.7 Å². The summed E-state index contributed by atoms with van der Waals surface area (Å²) in [5.41, 5.74) is 0. The summed E-state index contributed by atoms with van der Waals surface area (Å²) < 4.78 is 10.7. The van der Waals surface area contributed by atoms with Crippen LogP contribution in [0.1, 0.15) is 284 Å². The minimum atomic E-state index is -0.784. The van der Waals surface area contributed by atoms with Gasteiger partial charge in [-0.05, 0) is 51.4 Å². The van der Waals surface area contributed by atoms with E-state index in [1.165, 1.54) is 180 Å². The summed E-state index contributed by atoms with van der Waals surface area (Å²) in [6.45, 7) is 4.04. The third-order valence-corrected chi connectivity index (χ3v) is 12.1. The fourth-order valence-electron chi connectivity index (χ4n) is 8.08. The van der Waals surface area contributed by atoms with E-state index in [2.05, 4.69) is 62.5 Å². The Hall–Kier alpha value is -2.14. The summed E-state index contributed by atoms with van der Waals surface area (Å²) in [7, 11) is 0. The number of carbonyl (C=O) groups is 2. The Bertz CT molecular complexity index is 1030. The van der Waals surface area contributed by atoms with Gasteiger partial charge >= 0.3 is 11.9 Å². The lowest BCUT2D eigenvalue weighted by atomic mass is 10.0. The van der Waals surface area contributed by atoms with Gasteiger partial charge in [0.25, 0.3) is 0 Å². The van der Waals surface area contributed by atoms with Crippen molar-refractivity contribution in [1.82, 2.24) is 0 Å². The zero-order valence-corrected chi connectivity index (χ0v) is 41.4. The summed E-state index contributed by atoms with van der Waals surface area (Å²) in [4.78, 5) is 24.4. The number of aliphatic hydroxyl groups is 1. The molecular formula is C57H104O5. The highest BCUT2D eigenvalue weighted by Gasteiger charge is 2.16. The molecule has 1 N–H and O–H groups in total. The van der Waals surface area contributed by atoms with E-state index >= 15 is 0 Å². The quantitative estimate of drug-likeness (QED) is 0.0375. The van der Waals surface area contributed by atoms with Crippen molar-refractivity contribution in [2.24, 2.45) is 0 Å². The molecule has 0 amide bonds. The highest BCUT2D eigenvalue weighted by Crippen LogP contribution is 2.17. The van der Waals surface area contributed by atoms with Gasteiger partial charge in [-0.3, -0.25) is 9.59 Å². The van der Waals surface area contributed by atoms with Crippen LogP contribution in [0.3, 0.4) is 0 Å². The van der Waals surface area contributed by atoms with Crippen molar-refractivity contribution in [3.05, 3.63) is 48.6 Å². The molecule has 1 atom stereocenters. The molecule has 0 aromatic carbocycles. The molecule has 0 fully saturated rings. The van der Waals surface area contributed by atoms with Gasteiger partial charge in [0.15, 0.2) is 6.10 Å². The van der Waals surface area contributed by atoms with Gasteiger partial charge in [0.2, 0.25) is 0 Å². The number of unbranched alkanes of at least 4 members (excludes halogenated alkanes) is 34.